The van der Waals surface area contributed by atoms with Crippen molar-refractivity contribution in [2.75, 3.05) is 4.90 Å². The monoisotopic (exact) mass is 386 g/mol. The van der Waals surface area contributed by atoms with E-state index in [-0.39, 0.29) is 12.2 Å². The zero-order valence-corrected chi connectivity index (χ0v) is 14.4. The second-order valence-corrected chi connectivity index (χ2v) is 5.81. The first-order valence-corrected chi connectivity index (χ1v) is 8.24. The molecule has 2 aromatic carbocycles. The Morgan fingerprint density at radius 3 is 2.32 bits per heavy atom. The molecule has 28 heavy (non-hydrogen) atoms. The molecule has 1 aromatic heterocycles. The summed E-state index contributed by atoms with van der Waals surface area (Å²) in [6, 6.07) is 11.1. The average molecular weight is 386 g/mol. The van der Waals surface area contributed by atoms with Crippen LogP contribution < -0.4 is 4.90 Å². The third-order valence-corrected chi connectivity index (χ3v) is 3.91. The van der Waals surface area contributed by atoms with Crippen LogP contribution in [0.4, 0.5) is 23.2 Å². The molecule has 1 heterocycles. The third-order valence-electron chi connectivity index (χ3n) is 3.91. The van der Waals surface area contributed by atoms with Crippen molar-refractivity contribution in [3.05, 3.63) is 101 Å². The molecule has 0 aliphatic carbocycles. The van der Waals surface area contributed by atoms with Crippen molar-refractivity contribution in [2.24, 2.45) is 0 Å². The van der Waals surface area contributed by atoms with E-state index in [2.05, 4.69) is 4.98 Å². The summed E-state index contributed by atoms with van der Waals surface area (Å²) in [6.45, 7) is -0.119. The van der Waals surface area contributed by atoms with Crippen LogP contribution in [0.5, 0.6) is 0 Å². The molecule has 7 heteroatoms. The summed E-state index contributed by atoms with van der Waals surface area (Å²) in [5.74, 6) is -4.18. The molecular weight excluding hydrogens is 372 g/mol. The Morgan fingerprint density at radius 1 is 0.929 bits per heavy atom. The molecule has 1 amide bonds. The third kappa shape index (κ3) is 4.43. The number of carbonyl (C=O) groups is 1. The van der Waals surface area contributed by atoms with Gasteiger partial charge in [-0.05, 0) is 42.5 Å². The minimum atomic E-state index is -0.949. The number of pyridine rings is 1. The summed E-state index contributed by atoms with van der Waals surface area (Å²) in [7, 11) is 0. The van der Waals surface area contributed by atoms with Crippen LogP contribution in [-0.4, -0.2) is 10.9 Å². The van der Waals surface area contributed by atoms with Gasteiger partial charge in [-0.1, -0.05) is 12.1 Å². The molecule has 0 aliphatic rings. The number of hydrogen-bond acceptors (Lipinski definition) is 2. The Bertz CT molecular complexity index is 1000. The second-order valence-electron chi connectivity index (χ2n) is 5.81. The molecule has 0 aliphatic heterocycles. The number of halogens is 4. The fraction of sp³-hybridized carbons (Fsp3) is 0.0476. The summed E-state index contributed by atoms with van der Waals surface area (Å²) >= 11 is 0. The van der Waals surface area contributed by atoms with Gasteiger partial charge in [0.2, 0.25) is 0 Å². The zero-order chi connectivity index (χ0) is 20.1. The number of rotatable bonds is 5. The highest BCUT2D eigenvalue weighted by Crippen LogP contribution is 2.23. The quantitative estimate of drug-likeness (QED) is 0.462. The second kappa shape index (κ2) is 8.47. The normalized spacial score (nSPS) is 11.0. The summed E-state index contributed by atoms with van der Waals surface area (Å²) < 4.78 is 55.0. The molecule has 0 N–H and O–H groups in total. The summed E-state index contributed by atoms with van der Waals surface area (Å²) in [6.07, 6.45) is 3.40. The first-order chi connectivity index (χ1) is 13.5. The predicted molar refractivity (Wildman–Crippen MR) is 97.2 cm³/mol. The van der Waals surface area contributed by atoms with Crippen molar-refractivity contribution in [1.82, 2.24) is 4.98 Å². The molecule has 0 bridgehead atoms. The molecular formula is C21H14F4N2O. The highest BCUT2D eigenvalue weighted by molar-refractivity contribution is 6.03. The number of anilines is 1. The lowest BCUT2D eigenvalue weighted by Crippen LogP contribution is -2.30. The van der Waals surface area contributed by atoms with E-state index >= 15 is 0 Å². The Hall–Kier alpha value is -3.48. The minimum Gasteiger partial charge on any atom is -0.300 e. The number of benzene rings is 2. The van der Waals surface area contributed by atoms with Crippen molar-refractivity contribution in [1.29, 1.82) is 0 Å². The number of amides is 1. The molecule has 3 aromatic rings. The molecule has 0 saturated carbocycles. The van der Waals surface area contributed by atoms with Gasteiger partial charge in [0, 0.05) is 23.9 Å². The highest BCUT2D eigenvalue weighted by atomic mass is 19.1. The van der Waals surface area contributed by atoms with E-state index in [1.54, 1.807) is 18.2 Å². The Labute approximate surface area is 158 Å². The van der Waals surface area contributed by atoms with Crippen molar-refractivity contribution >= 4 is 17.7 Å². The maximum Gasteiger partial charge on any atom is 0.251 e. The number of aromatic nitrogens is 1. The van der Waals surface area contributed by atoms with Crippen LogP contribution in [0.1, 0.15) is 11.3 Å². The van der Waals surface area contributed by atoms with E-state index in [4.69, 9.17) is 0 Å². The van der Waals surface area contributed by atoms with Crippen molar-refractivity contribution < 1.29 is 22.4 Å². The fourth-order valence-corrected chi connectivity index (χ4v) is 2.55. The van der Waals surface area contributed by atoms with Crippen molar-refractivity contribution in [3.8, 4) is 0 Å². The van der Waals surface area contributed by atoms with Gasteiger partial charge in [0.05, 0.1) is 17.9 Å². The van der Waals surface area contributed by atoms with Crippen LogP contribution in [0.3, 0.4) is 0 Å². The average Bonchev–Trinajstić information content (AvgIpc) is 2.67. The first-order valence-electron chi connectivity index (χ1n) is 8.24. The summed E-state index contributed by atoms with van der Waals surface area (Å²) in [5.41, 5.74) is -0.131. The van der Waals surface area contributed by atoms with Gasteiger partial charge in [0.15, 0.2) is 0 Å². The van der Waals surface area contributed by atoms with Gasteiger partial charge in [0.1, 0.15) is 23.3 Å². The van der Waals surface area contributed by atoms with Gasteiger partial charge < -0.3 is 0 Å². The van der Waals surface area contributed by atoms with Gasteiger partial charge in [-0.2, -0.15) is 0 Å². The van der Waals surface area contributed by atoms with Crippen LogP contribution in [-0.2, 0) is 11.3 Å². The number of nitrogens with zero attached hydrogens (tertiary/aromatic N) is 2. The fourth-order valence-electron chi connectivity index (χ4n) is 2.55. The Morgan fingerprint density at radius 2 is 1.68 bits per heavy atom. The van der Waals surface area contributed by atoms with E-state index < -0.39 is 34.7 Å². The molecule has 0 radical (unpaired) electrons. The van der Waals surface area contributed by atoms with Crippen molar-refractivity contribution in [2.45, 2.75) is 6.54 Å². The zero-order valence-electron chi connectivity index (χ0n) is 14.4. The lowest BCUT2D eigenvalue weighted by molar-refractivity contribution is -0.114. The van der Waals surface area contributed by atoms with Crippen molar-refractivity contribution in [3.63, 3.8) is 0 Å². The maximum absolute atomic E-state index is 14.3. The Kier molecular flexibility index (Phi) is 5.84. The van der Waals surface area contributed by atoms with E-state index in [0.29, 0.717) is 11.8 Å². The Balaban J connectivity index is 1.96. The minimum absolute atomic E-state index is 0.119. The van der Waals surface area contributed by atoms with Crippen LogP contribution in [0.15, 0.2) is 66.9 Å². The van der Waals surface area contributed by atoms with E-state index in [1.165, 1.54) is 12.3 Å². The van der Waals surface area contributed by atoms with Gasteiger partial charge in [-0.3, -0.25) is 14.7 Å². The SMILES string of the molecule is O=C(C=Cc1c(F)cccc1F)N(Cc1ccccn1)c1ccc(F)cc1F. The summed E-state index contributed by atoms with van der Waals surface area (Å²) in [5, 5.41) is 0. The largest absolute Gasteiger partial charge is 0.300 e. The lowest BCUT2D eigenvalue weighted by Gasteiger charge is -2.21. The number of carbonyl (C=O) groups excluding carboxylic acids is 1. The van der Waals surface area contributed by atoms with Crippen LogP contribution in [0.2, 0.25) is 0 Å². The molecule has 142 valence electrons. The molecule has 0 saturated heterocycles. The molecule has 0 unspecified atom stereocenters. The molecule has 0 spiro atoms. The van der Waals surface area contributed by atoms with Crippen LogP contribution in [0.25, 0.3) is 6.08 Å². The lowest BCUT2D eigenvalue weighted by atomic mass is 10.1. The number of hydrogen-bond donors (Lipinski definition) is 0. The first kappa shape index (κ1) is 19.3. The van der Waals surface area contributed by atoms with E-state index in [1.807, 2.05) is 0 Å². The molecule has 3 rings (SSSR count). The summed E-state index contributed by atoms with van der Waals surface area (Å²) in [4.78, 5) is 17.8. The predicted octanol–water partition coefficient (Wildman–Crippen LogP) is 4.88. The van der Waals surface area contributed by atoms with Crippen LogP contribution >= 0.6 is 0 Å². The van der Waals surface area contributed by atoms with Gasteiger partial charge in [-0.15, -0.1) is 0 Å². The van der Waals surface area contributed by atoms with Gasteiger partial charge in [-0.25, -0.2) is 17.6 Å². The van der Waals surface area contributed by atoms with Gasteiger partial charge in [0.25, 0.3) is 5.91 Å². The topological polar surface area (TPSA) is 33.2 Å². The standard InChI is InChI=1S/C21H14F4N2O/c22-14-7-9-20(19(25)12-14)27(13-15-4-1-2-11-26-15)21(28)10-8-16-17(23)5-3-6-18(16)24/h1-12H,13H2. The molecule has 3 nitrogen and oxygen atoms in total. The molecule has 0 atom stereocenters. The highest BCUT2D eigenvalue weighted by Gasteiger charge is 2.19. The van der Waals surface area contributed by atoms with Gasteiger partial charge >= 0.3 is 0 Å². The maximum atomic E-state index is 14.3. The molecule has 0 fully saturated rings. The van der Waals surface area contributed by atoms with E-state index in [0.717, 1.165) is 41.3 Å². The van der Waals surface area contributed by atoms with E-state index in [9.17, 15) is 22.4 Å². The smallest absolute Gasteiger partial charge is 0.251 e. The van der Waals surface area contributed by atoms with Crippen LogP contribution in [0, 0.1) is 23.3 Å².